The van der Waals surface area contributed by atoms with Crippen molar-refractivity contribution < 1.29 is 0 Å². The van der Waals surface area contributed by atoms with Crippen LogP contribution in [-0.2, 0) is 16.6 Å². The van der Waals surface area contributed by atoms with E-state index in [9.17, 15) is 0 Å². The Labute approximate surface area is 114 Å². The van der Waals surface area contributed by atoms with Gasteiger partial charge in [-0.15, -0.1) is 0 Å². The Kier molecular flexibility index (Phi) is 7.79. The smallest absolute Gasteiger partial charge is 0.0843 e. The second-order valence-corrected chi connectivity index (χ2v) is 7.26. The molecule has 0 nitrogen and oxygen atoms in total. The van der Waals surface area contributed by atoms with Crippen molar-refractivity contribution in [3.05, 3.63) is 34.9 Å². The Morgan fingerprint density at radius 1 is 0.941 bits per heavy atom. The van der Waals surface area contributed by atoms with Crippen LogP contribution in [0.5, 0.6) is 0 Å². The minimum absolute atomic E-state index is 0.575. The summed E-state index contributed by atoms with van der Waals surface area (Å²) in [6.07, 6.45) is 5.38. The molecule has 0 aliphatic carbocycles. The maximum absolute atomic E-state index is 5.92. The molecule has 0 amide bonds. The van der Waals surface area contributed by atoms with E-state index in [1.165, 1.54) is 48.5 Å². The lowest BCUT2D eigenvalue weighted by atomic mass is 10.2. The van der Waals surface area contributed by atoms with E-state index in [4.69, 9.17) is 11.6 Å². The zero-order valence-corrected chi connectivity index (χ0v) is 12.6. The molecule has 1 aromatic rings. The van der Waals surface area contributed by atoms with Crippen molar-refractivity contribution in [2.75, 3.05) is 11.5 Å². The first kappa shape index (κ1) is 14.9. The van der Waals surface area contributed by atoms with Gasteiger partial charge >= 0.3 is 0 Å². The lowest BCUT2D eigenvalue weighted by Gasteiger charge is -2.08. The molecular formula is C15H24ClS+. The summed E-state index contributed by atoms with van der Waals surface area (Å²) in [5.41, 5.74) is 1.45. The fraction of sp³-hybridized carbons (Fsp3) is 0.600. The van der Waals surface area contributed by atoms with Crippen LogP contribution < -0.4 is 0 Å². The largest absolute Gasteiger partial charge is 0.133 e. The summed E-state index contributed by atoms with van der Waals surface area (Å²) in [4.78, 5) is 0. The third-order valence-corrected chi connectivity index (χ3v) is 5.58. The Bertz CT molecular complexity index is 286. The maximum atomic E-state index is 5.92. The maximum Gasteiger partial charge on any atom is 0.133 e. The summed E-state index contributed by atoms with van der Waals surface area (Å²) in [6, 6.07) is 8.39. The predicted molar refractivity (Wildman–Crippen MR) is 82.1 cm³/mol. The molecular weight excluding hydrogens is 248 g/mol. The van der Waals surface area contributed by atoms with Crippen molar-refractivity contribution in [3.63, 3.8) is 0 Å². The van der Waals surface area contributed by atoms with Crippen LogP contribution in [0.3, 0.4) is 0 Å². The molecule has 0 unspecified atom stereocenters. The van der Waals surface area contributed by atoms with Crippen molar-refractivity contribution >= 4 is 22.5 Å². The standard InChI is InChI=1S/C15H24ClS/c1-3-5-11-17(12-6-4-2)13-14-7-9-15(16)10-8-14/h7-10H,3-6,11-13H2,1-2H3/q+1. The van der Waals surface area contributed by atoms with Gasteiger partial charge in [0.25, 0.3) is 0 Å². The molecule has 0 bridgehead atoms. The van der Waals surface area contributed by atoms with Crippen LogP contribution in [0.4, 0.5) is 0 Å². The van der Waals surface area contributed by atoms with E-state index >= 15 is 0 Å². The summed E-state index contributed by atoms with van der Waals surface area (Å²) < 4.78 is 0. The zero-order valence-electron chi connectivity index (χ0n) is 11.0. The number of benzene rings is 1. The van der Waals surface area contributed by atoms with Gasteiger partial charge in [0.1, 0.15) is 17.3 Å². The van der Waals surface area contributed by atoms with Crippen molar-refractivity contribution in [2.45, 2.75) is 45.3 Å². The molecule has 17 heavy (non-hydrogen) atoms. The van der Waals surface area contributed by atoms with Crippen LogP contribution in [0.25, 0.3) is 0 Å². The first-order chi connectivity index (χ1) is 8.26. The average molecular weight is 272 g/mol. The van der Waals surface area contributed by atoms with Crippen molar-refractivity contribution in [1.82, 2.24) is 0 Å². The molecule has 0 heterocycles. The lowest BCUT2D eigenvalue weighted by Crippen LogP contribution is -2.14. The van der Waals surface area contributed by atoms with E-state index < -0.39 is 0 Å². The number of hydrogen-bond acceptors (Lipinski definition) is 0. The molecule has 0 radical (unpaired) electrons. The highest BCUT2D eigenvalue weighted by Crippen LogP contribution is 2.16. The Balaban J connectivity index is 2.48. The van der Waals surface area contributed by atoms with Crippen molar-refractivity contribution in [2.24, 2.45) is 0 Å². The number of halogens is 1. The lowest BCUT2D eigenvalue weighted by molar-refractivity contribution is 0.870. The molecule has 2 heteroatoms. The molecule has 0 saturated carbocycles. The Hall–Kier alpha value is -0.140. The molecule has 96 valence electrons. The van der Waals surface area contributed by atoms with Crippen LogP contribution in [0.2, 0.25) is 5.02 Å². The third-order valence-electron chi connectivity index (χ3n) is 2.86. The number of hydrogen-bond donors (Lipinski definition) is 0. The molecule has 0 atom stereocenters. The van der Waals surface area contributed by atoms with Gasteiger partial charge < -0.3 is 0 Å². The summed E-state index contributed by atoms with van der Waals surface area (Å²) >= 11 is 5.92. The molecule has 0 spiro atoms. The van der Waals surface area contributed by atoms with Crippen molar-refractivity contribution in [3.8, 4) is 0 Å². The van der Waals surface area contributed by atoms with Gasteiger partial charge in [-0.05, 0) is 35.9 Å². The van der Waals surface area contributed by atoms with Gasteiger partial charge in [-0.25, -0.2) is 0 Å². The van der Waals surface area contributed by atoms with Gasteiger partial charge in [-0.3, -0.25) is 0 Å². The first-order valence-electron chi connectivity index (χ1n) is 6.64. The van der Waals surface area contributed by atoms with Gasteiger partial charge in [-0.1, -0.05) is 50.4 Å². The molecule has 0 aromatic heterocycles. The second-order valence-electron chi connectivity index (χ2n) is 4.50. The number of rotatable bonds is 8. The highest BCUT2D eigenvalue weighted by Gasteiger charge is 2.17. The highest BCUT2D eigenvalue weighted by atomic mass is 35.5. The van der Waals surface area contributed by atoms with E-state index in [-0.39, 0.29) is 0 Å². The van der Waals surface area contributed by atoms with Gasteiger partial charge in [0.15, 0.2) is 0 Å². The molecule has 0 aliphatic heterocycles. The van der Waals surface area contributed by atoms with Crippen LogP contribution in [-0.4, -0.2) is 11.5 Å². The minimum Gasteiger partial charge on any atom is -0.0843 e. The van der Waals surface area contributed by atoms with Gasteiger partial charge in [-0.2, -0.15) is 0 Å². The minimum atomic E-state index is 0.575. The average Bonchev–Trinajstić information content (AvgIpc) is 2.35. The van der Waals surface area contributed by atoms with Gasteiger partial charge in [0.2, 0.25) is 0 Å². The molecule has 1 rings (SSSR count). The number of unbranched alkanes of at least 4 members (excludes halogenated alkanes) is 2. The quantitative estimate of drug-likeness (QED) is 0.580. The molecule has 0 saturated heterocycles. The van der Waals surface area contributed by atoms with Gasteiger partial charge in [0.05, 0.1) is 0 Å². The first-order valence-corrected chi connectivity index (χ1v) is 8.75. The van der Waals surface area contributed by atoms with E-state index in [1.807, 2.05) is 12.1 Å². The normalized spacial score (nSPS) is 11.1. The molecule has 1 aromatic carbocycles. The van der Waals surface area contributed by atoms with Gasteiger partial charge in [0, 0.05) is 10.6 Å². The highest BCUT2D eigenvalue weighted by molar-refractivity contribution is 7.96. The summed E-state index contributed by atoms with van der Waals surface area (Å²) in [5.74, 6) is 4.05. The second kappa shape index (κ2) is 8.88. The van der Waals surface area contributed by atoms with Crippen LogP contribution >= 0.6 is 11.6 Å². The monoisotopic (exact) mass is 271 g/mol. The Morgan fingerprint density at radius 3 is 1.94 bits per heavy atom. The molecule has 0 N–H and O–H groups in total. The summed E-state index contributed by atoms with van der Waals surface area (Å²) in [7, 11) is 0.575. The SMILES string of the molecule is CCCC[S+](CCCC)Cc1ccc(Cl)cc1. The van der Waals surface area contributed by atoms with E-state index in [0.29, 0.717) is 10.9 Å². The Morgan fingerprint density at radius 2 is 1.47 bits per heavy atom. The van der Waals surface area contributed by atoms with E-state index in [2.05, 4.69) is 26.0 Å². The molecule has 0 aliphatic rings. The zero-order chi connectivity index (χ0) is 12.5. The van der Waals surface area contributed by atoms with Crippen LogP contribution in [0.15, 0.2) is 24.3 Å². The topological polar surface area (TPSA) is 0 Å². The van der Waals surface area contributed by atoms with Crippen LogP contribution in [0, 0.1) is 0 Å². The molecule has 0 fully saturated rings. The van der Waals surface area contributed by atoms with Crippen molar-refractivity contribution in [1.29, 1.82) is 0 Å². The van der Waals surface area contributed by atoms with Crippen LogP contribution in [0.1, 0.15) is 45.1 Å². The third kappa shape index (κ3) is 6.38. The van der Waals surface area contributed by atoms with E-state index in [0.717, 1.165) is 5.02 Å². The summed E-state index contributed by atoms with van der Waals surface area (Å²) in [5, 5.41) is 0.843. The van der Waals surface area contributed by atoms with E-state index in [1.54, 1.807) is 0 Å². The fourth-order valence-corrected chi connectivity index (χ4v) is 4.44. The summed E-state index contributed by atoms with van der Waals surface area (Å²) in [6.45, 7) is 4.56. The fourth-order valence-electron chi connectivity index (χ4n) is 1.76. The predicted octanol–water partition coefficient (Wildman–Crippen LogP) is 5.06.